The summed E-state index contributed by atoms with van der Waals surface area (Å²) in [5.41, 5.74) is 1.40. The monoisotopic (exact) mass is 467 g/mol. The molecule has 0 spiro atoms. The number of hydrogen-bond acceptors (Lipinski definition) is 6. The SMILES string of the molecule is Cc1ncc(C[C@H](NC(=O)c2cnn3cccnc23)N2CCC[C@@H]2c2cc(F)ccc2F)n1O. The van der Waals surface area contributed by atoms with Gasteiger partial charge in [-0.2, -0.15) is 9.83 Å². The van der Waals surface area contributed by atoms with Gasteiger partial charge in [-0.05, 0) is 44.0 Å². The Morgan fingerprint density at radius 3 is 2.94 bits per heavy atom. The van der Waals surface area contributed by atoms with E-state index in [-0.39, 0.29) is 17.5 Å². The Kier molecular flexibility index (Phi) is 5.70. The second-order valence-electron chi connectivity index (χ2n) is 8.31. The fourth-order valence-corrected chi connectivity index (χ4v) is 4.56. The summed E-state index contributed by atoms with van der Waals surface area (Å²) < 4.78 is 31.1. The highest BCUT2D eigenvalue weighted by molar-refractivity contribution is 5.99. The molecule has 34 heavy (non-hydrogen) atoms. The molecule has 0 unspecified atom stereocenters. The van der Waals surface area contributed by atoms with Crippen molar-refractivity contribution < 1.29 is 18.8 Å². The van der Waals surface area contributed by atoms with Gasteiger partial charge >= 0.3 is 0 Å². The third-order valence-corrected chi connectivity index (χ3v) is 6.21. The van der Waals surface area contributed by atoms with Crippen LogP contribution in [0.15, 0.2) is 49.1 Å². The number of fused-ring (bicyclic) bond motifs is 1. The van der Waals surface area contributed by atoms with Crippen molar-refractivity contribution in [2.75, 3.05) is 6.54 Å². The van der Waals surface area contributed by atoms with Crippen LogP contribution in [0.4, 0.5) is 8.78 Å². The van der Waals surface area contributed by atoms with Crippen molar-refractivity contribution in [1.29, 1.82) is 0 Å². The number of imidazole rings is 1. The lowest BCUT2D eigenvalue weighted by molar-refractivity contribution is 0.0809. The minimum absolute atomic E-state index is 0.198. The summed E-state index contributed by atoms with van der Waals surface area (Å²) in [6.45, 7) is 2.21. The van der Waals surface area contributed by atoms with E-state index in [4.69, 9.17) is 0 Å². The molecule has 1 amide bonds. The van der Waals surface area contributed by atoms with Gasteiger partial charge in [0, 0.05) is 37.0 Å². The molecule has 1 aliphatic heterocycles. The van der Waals surface area contributed by atoms with Gasteiger partial charge in [-0.25, -0.2) is 23.3 Å². The van der Waals surface area contributed by atoms with E-state index in [1.807, 2.05) is 4.90 Å². The number of carbonyl (C=O) groups is 1. The lowest BCUT2D eigenvalue weighted by Gasteiger charge is -2.34. The van der Waals surface area contributed by atoms with Gasteiger partial charge in [0.05, 0.1) is 24.3 Å². The standard InChI is InChI=1S/C23H23F2N7O2/c1-14-27-12-16(32(14)34)11-21(29-23(33)18-13-28-31-9-3-7-26-22(18)31)30-8-2-4-20(30)17-10-15(24)5-6-19(17)25/h3,5-7,9-10,12-13,20-21,34H,2,4,8,11H2,1H3,(H,29,33)/t20-,21-/m1/s1. The summed E-state index contributed by atoms with van der Waals surface area (Å²) in [6, 6.07) is 4.66. The van der Waals surface area contributed by atoms with Crippen molar-refractivity contribution in [3.63, 3.8) is 0 Å². The second kappa shape index (κ2) is 8.82. The lowest BCUT2D eigenvalue weighted by atomic mass is 10.0. The molecule has 9 nitrogen and oxygen atoms in total. The van der Waals surface area contributed by atoms with Crippen molar-refractivity contribution in [2.24, 2.45) is 0 Å². The Morgan fingerprint density at radius 2 is 2.15 bits per heavy atom. The van der Waals surface area contributed by atoms with E-state index in [9.17, 15) is 18.8 Å². The van der Waals surface area contributed by atoms with Crippen molar-refractivity contribution in [2.45, 2.75) is 38.4 Å². The van der Waals surface area contributed by atoms with Gasteiger partial charge in [0.2, 0.25) is 0 Å². The van der Waals surface area contributed by atoms with E-state index in [0.717, 1.165) is 23.3 Å². The smallest absolute Gasteiger partial charge is 0.258 e. The summed E-state index contributed by atoms with van der Waals surface area (Å²) in [5, 5.41) is 17.5. The van der Waals surface area contributed by atoms with Crippen LogP contribution in [0, 0.1) is 18.6 Å². The normalized spacial score (nSPS) is 17.3. The van der Waals surface area contributed by atoms with E-state index in [2.05, 4.69) is 20.4 Å². The number of hydrogen-bond donors (Lipinski definition) is 2. The number of rotatable bonds is 6. The van der Waals surface area contributed by atoms with E-state index in [0.29, 0.717) is 30.1 Å². The maximum Gasteiger partial charge on any atom is 0.258 e. The van der Waals surface area contributed by atoms with Crippen LogP contribution in [-0.4, -0.2) is 53.0 Å². The molecule has 1 saturated heterocycles. The van der Waals surface area contributed by atoms with Crippen LogP contribution in [0.1, 0.15) is 46.3 Å². The Morgan fingerprint density at radius 1 is 1.29 bits per heavy atom. The average molecular weight is 467 g/mol. The molecule has 2 atom stereocenters. The fraction of sp³-hybridized carbons (Fsp3) is 0.304. The molecule has 5 rings (SSSR count). The number of nitrogens with zero attached hydrogens (tertiary/aromatic N) is 6. The van der Waals surface area contributed by atoms with Crippen molar-refractivity contribution in [3.05, 3.63) is 83.3 Å². The molecule has 0 radical (unpaired) electrons. The number of carbonyl (C=O) groups excluding carboxylic acids is 1. The largest absolute Gasteiger partial charge is 0.427 e. The average Bonchev–Trinajstić information content (AvgIpc) is 3.55. The second-order valence-corrected chi connectivity index (χ2v) is 8.31. The third-order valence-electron chi connectivity index (χ3n) is 6.21. The zero-order valence-corrected chi connectivity index (χ0v) is 18.4. The zero-order chi connectivity index (χ0) is 23.8. The first-order valence-corrected chi connectivity index (χ1v) is 10.9. The molecule has 4 aromatic rings. The van der Waals surface area contributed by atoms with E-state index in [1.54, 1.807) is 25.4 Å². The van der Waals surface area contributed by atoms with Crippen LogP contribution in [0.2, 0.25) is 0 Å². The molecule has 1 fully saturated rings. The van der Waals surface area contributed by atoms with Gasteiger partial charge in [0.25, 0.3) is 5.91 Å². The molecule has 11 heteroatoms. The van der Waals surface area contributed by atoms with Gasteiger partial charge in [0.1, 0.15) is 23.0 Å². The maximum absolute atomic E-state index is 14.7. The van der Waals surface area contributed by atoms with Crippen LogP contribution >= 0.6 is 0 Å². The Labute approximate surface area is 193 Å². The molecule has 3 aromatic heterocycles. The minimum atomic E-state index is -0.636. The van der Waals surface area contributed by atoms with Crippen molar-refractivity contribution in [3.8, 4) is 0 Å². The summed E-state index contributed by atoms with van der Waals surface area (Å²) in [4.78, 5) is 23.6. The zero-order valence-electron chi connectivity index (χ0n) is 18.4. The van der Waals surface area contributed by atoms with Crippen LogP contribution in [0.25, 0.3) is 5.65 Å². The van der Waals surface area contributed by atoms with E-state index < -0.39 is 29.7 Å². The fourth-order valence-electron chi connectivity index (χ4n) is 4.56. The van der Waals surface area contributed by atoms with Gasteiger partial charge < -0.3 is 10.5 Å². The molecule has 4 heterocycles. The number of aryl methyl sites for hydroxylation is 1. The topological polar surface area (TPSA) is 101 Å². The summed E-state index contributed by atoms with van der Waals surface area (Å²) in [5.74, 6) is -1.03. The molecule has 0 aliphatic carbocycles. The highest BCUT2D eigenvalue weighted by Gasteiger charge is 2.35. The molecule has 2 N–H and O–H groups in total. The first-order chi connectivity index (χ1) is 16.4. The van der Waals surface area contributed by atoms with Crippen LogP contribution in [0.3, 0.4) is 0 Å². The number of benzene rings is 1. The highest BCUT2D eigenvalue weighted by atomic mass is 19.1. The molecule has 1 aliphatic rings. The highest BCUT2D eigenvalue weighted by Crippen LogP contribution is 2.35. The predicted molar refractivity (Wildman–Crippen MR) is 117 cm³/mol. The first kappa shape index (κ1) is 22.0. The maximum atomic E-state index is 14.7. The van der Waals surface area contributed by atoms with Crippen LogP contribution in [0.5, 0.6) is 0 Å². The predicted octanol–water partition coefficient (Wildman–Crippen LogP) is 2.89. The van der Waals surface area contributed by atoms with Crippen molar-refractivity contribution >= 4 is 11.6 Å². The van der Waals surface area contributed by atoms with E-state index >= 15 is 0 Å². The molecule has 0 bridgehead atoms. The minimum Gasteiger partial charge on any atom is -0.427 e. The Balaban J connectivity index is 1.49. The summed E-state index contributed by atoms with van der Waals surface area (Å²) in [7, 11) is 0. The Hall–Kier alpha value is -3.86. The van der Waals surface area contributed by atoms with Crippen LogP contribution < -0.4 is 5.32 Å². The van der Waals surface area contributed by atoms with Gasteiger partial charge in [-0.1, -0.05) is 0 Å². The van der Waals surface area contributed by atoms with Gasteiger partial charge in [-0.3, -0.25) is 9.69 Å². The van der Waals surface area contributed by atoms with Gasteiger partial charge in [-0.15, -0.1) is 0 Å². The Bertz CT molecular complexity index is 1350. The number of halogens is 2. The summed E-state index contributed by atoms with van der Waals surface area (Å²) >= 11 is 0. The summed E-state index contributed by atoms with van der Waals surface area (Å²) in [6.07, 6.45) is 7.12. The first-order valence-electron chi connectivity index (χ1n) is 10.9. The van der Waals surface area contributed by atoms with Crippen LogP contribution in [-0.2, 0) is 6.42 Å². The van der Waals surface area contributed by atoms with Gasteiger partial charge in [0.15, 0.2) is 5.65 Å². The number of likely N-dealkylation sites (tertiary alicyclic amines) is 1. The third kappa shape index (κ3) is 3.98. The van der Waals surface area contributed by atoms with E-state index in [1.165, 1.54) is 23.0 Å². The molecule has 1 aromatic carbocycles. The lowest BCUT2D eigenvalue weighted by Crippen LogP contribution is -2.49. The number of amides is 1. The molecule has 176 valence electrons. The molecular formula is C23H23F2N7O2. The quantitative estimate of drug-likeness (QED) is 0.423. The number of nitrogens with one attached hydrogen (secondary N) is 1. The molecule has 0 saturated carbocycles. The number of aromatic nitrogens is 5. The molecular weight excluding hydrogens is 444 g/mol. The van der Waals surface area contributed by atoms with Crippen molar-refractivity contribution in [1.82, 2.24) is 34.5 Å².